The van der Waals surface area contributed by atoms with Gasteiger partial charge < -0.3 is 15.0 Å². The standard InChI is InChI=1S/C15H25N3O2/c1-3-9-17-15(2,14(19)20)8-10-18-11-16-12-6-4-5-7-13(12)18/h11,17H,3-10H2,1-2H3,(H,19,20). The molecule has 1 aliphatic carbocycles. The molecule has 1 aromatic rings. The van der Waals surface area contributed by atoms with Gasteiger partial charge in [-0.15, -0.1) is 0 Å². The lowest BCUT2D eigenvalue weighted by molar-refractivity contribution is -0.144. The largest absolute Gasteiger partial charge is 0.480 e. The van der Waals surface area contributed by atoms with Gasteiger partial charge in [0.2, 0.25) is 0 Å². The zero-order valence-electron chi connectivity index (χ0n) is 12.5. The molecule has 0 spiro atoms. The third-order valence-corrected chi connectivity index (χ3v) is 4.20. The number of rotatable bonds is 7. The summed E-state index contributed by atoms with van der Waals surface area (Å²) < 4.78 is 2.14. The van der Waals surface area contributed by atoms with Crippen molar-refractivity contribution in [3.05, 3.63) is 17.7 Å². The lowest BCUT2D eigenvalue weighted by Crippen LogP contribution is -2.50. The molecule has 0 saturated heterocycles. The second kappa shape index (κ2) is 6.39. The monoisotopic (exact) mass is 279 g/mol. The summed E-state index contributed by atoms with van der Waals surface area (Å²) in [4.78, 5) is 15.9. The van der Waals surface area contributed by atoms with Crippen LogP contribution in [-0.2, 0) is 24.2 Å². The Morgan fingerprint density at radius 3 is 2.95 bits per heavy atom. The van der Waals surface area contributed by atoms with Crippen molar-refractivity contribution in [1.29, 1.82) is 0 Å². The molecule has 0 aliphatic heterocycles. The highest BCUT2D eigenvalue weighted by Gasteiger charge is 2.32. The number of aryl methyl sites for hydroxylation is 2. The molecule has 0 radical (unpaired) electrons. The minimum atomic E-state index is -0.859. The Labute approximate surface area is 120 Å². The highest BCUT2D eigenvalue weighted by atomic mass is 16.4. The Morgan fingerprint density at radius 2 is 2.25 bits per heavy atom. The van der Waals surface area contributed by atoms with E-state index in [4.69, 9.17) is 0 Å². The minimum absolute atomic E-state index is 0.575. The van der Waals surface area contributed by atoms with E-state index in [1.807, 2.05) is 13.3 Å². The third-order valence-electron chi connectivity index (χ3n) is 4.20. The van der Waals surface area contributed by atoms with Gasteiger partial charge in [0.25, 0.3) is 0 Å². The quantitative estimate of drug-likeness (QED) is 0.801. The van der Waals surface area contributed by atoms with E-state index < -0.39 is 11.5 Å². The van der Waals surface area contributed by atoms with Gasteiger partial charge in [-0.1, -0.05) is 6.92 Å². The summed E-state index contributed by atoms with van der Waals surface area (Å²) >= 11 is 0. The summed E-state index contributed by atoms with van der Waals surface area (Å²) in [5.74, 6) is -0.778. The van der Waals surface area contributed by atoms with E-state index in [0.29, 0.717) is 13.0 Å². The number of aromatic nitrogens is 2. The molecule has 5 nitrogen and oxygen atoms in total. The van der Waals surface area contributed by atoms with Crippen LogP contribution >= 0.6 is 0 Å². The van der Waals surface area contributed by atoms with Gasteiger partial charge in [-0.2, -0.15) is 0 Å². The number of carbonyl (C=O) groups is 1. The van der Waals surface area contributed by atoms with Crippen LogP contribution in [0, 0.1) is 0 Å². The first kappa shape index (κ1) is 15.0. The highest BCUT2D eigenvalue weighted by Crippen LogP contribution is 2.21. The summed E-state index contributed by atoms with van der Waals surface area (Å²) in [6.45, 7) is 5.25. The van der Waals surface area contributed by atoms with Crippen LogP contribution in [0.4, 0.5) is 0 Å². The third kappa shape index (κ3) is 3.20. The Bertz CT molecular complexity index is 470. The molecule has 0 aromatic carbocycles. The van der Waals surface area contributed by atoms with Crippen LogP contribution in [0.15, 0.2) is 6.33 Å². The van der Waals surface area contributed by atoms with Gasteiger partial charge in [0.1, 0.15) is 5.54 Å². The molecule has 1 aromatic heterocycles. The van der Waals surface area contributed by atoms with Gasteiger partial charge in [0.05, 0.1) is 12.0 Å². The summed E-state index contributed by atoms with van der Waals surface area (Å²) in [5, 5.41) is 12.6. The molecule has 112 valence electrons. The van der Waals surface area contributed by atoms with Crippen molar-refractivity contribution in [2.45, 2.75) is 64.5 Å². The molecule has 1 unspecified atom stereocenters. The van der Waals surface area contributed by atoms with Crippen molar-refractivity contribution in [3.8, 4) is 0 Å². The zero-order valence-corrected chi connectivity index (χ0v) is 12.5. The molecular formula is C15H25N3O2. The van der Waals surface area contributed by atoms with Crippen molar-refractivity contribution in [1.82, 2.24) is 14.9 Å². The zero-order chi connectivity index (χ0) is 14.6. The SMILES string of the molecule is CCCNC(C)(CCn1cnc2c1CCCC2)C(=O)O. The minimum Gasteiger partial charge on any atom is -0.480 e. The summed E-state index contributed by atoms with van der Waals surface area (Å²) in [7, 11) is 0. The molecule has 0 bridgehead atoms. The van der Waals surface area contributed by atoms with Gasteiger partial charge >= 0.3 is 5.97 Å². The Balaban J connectivity index is 2.02. The first-order chi connectivity index (χ1) is 9.57. The van der Waals surface area contributed by atoms with Crippen LogP contribution in [0.2, 0.25) is 0 Å². The topological polar surface area (TPSA) is 67.2 Å². The van der Waals surface area contributed by atoms with Crippen LogP contribution in [-0.4, -0.2) is 32.7 Å². The lowest BCUT2D eigenvalue weighted by atomic mass is 9.97. The number of imidazole rings is 1. The predicted octanol–water partition coefficient (Wildman–Crippen LogP) is 1.99. The van der Waals surface area contributed by atoms with Crippen molar-refractivity contribution in [2.75, 3.05) is 6.54 Å². The molecule has 2 rings (SSSR count). The maximum Gasteiger partial charge on any atom is 0.323 e. The number of carboxylic acid groups (broad SMARTS) is 1. The maximum absolute atomic E-state index is 11.5. The van der Waals surface area contributed by atoms with Crippen molar-refractivity contribution < 1.29 is 9.90 Å². The van der Waals surface area contributed by atoms with E-state index in [1.54, 1.807) is 6.92 Å². The van der Waals surface area contributed by atoms with Crippen LogP contribution in [0.3, 0.4) is 0 Å². The smallest absolute Gasteiger partial charge is 0.323 e. The van der Waals surface area contributed by atoms with Gasteiger partial charge in [-0.05, 0) is 52.0 Å². The van der Waals surface area contributed by atoms with Crippen LogP contribution in [0.1, 0.15) is 50.9 Å². The van der Waals surface area contributed by atoms with Gasteiger partial charge in [-0.25, -0.2) is 4.98 Å². The van der Waals surface area contributed by atoms with E-state index in [9.17, 15) is 9.90 Å². The molecule has 2 N–H and O–H groups in total. The average Bonchev–Trinajstić information content (AvgIpc) is 2.86. The molecular weight excluding hydrogens is 254 g/mol. The van der Waals surface area contributed by atoms with Crippen molar-refractivity contribution >= 4 is 5.97 Å². The molecule has 1 heterocycles. The van der Waals surface area contributed by atoms with Crippen LogP contribution < -0.4 is 5.32 Å². The molecule has 20 heavy (non-hydrogen) atoms. The fourth-order valence-electron chi connectivity index (χ4n) is 2.74. The van der Waals surface area contributed by atoms with E-state index in [-0.39, 0.29) is 0 Å². The first-order valence-corrected chi connectivity index (χ1v) is 7.58. The second-order valence-corrected chi connectivity index (χ2v) is 5.85. The maximum atomic E-state index is 11.5. The Morgan fingerprint density at radius 1 is 1.50 bits per heavy atom. The molecule has 1 atom stereocenters. The predicted molar refractivity (Wildman–Crippen MR) is 77.8 cm³/mol. The van der Waals surface area contributed by atoms with Gasteiger partial charge in [0.15, 0.2) is 0 Å². The number of carboxylic acids is 1. The number of aliphatic carboxylic acids is 1. The van der Waals surface area contributed by atoms with Crippen molar-refractivity contribution in [2.24, 2.45) is 0 Å². The molecule has 0 amide bonds. The van der Waals surface area contributed by atoms with Crippen molar-refractivity contribution in [3.63, 3.8) is 0 Å². The number of hydrogen-bond donors (Lipinski definition) is 2. The van der Waals surface area contributed by atoms with Crippen LogP contribution in [0.25, 0.3) is 0 Å². The fraction of sp³-hybridized carbons (Fsp3) is 0.733. The summed E-state index contributed by atoms with van der Waals surface area (Å²) in [6.07, 6.45) is 7.94. The first-order valence-electron chi connectivity index (χ1n) is 7.58. The number of hydrogen-bond acceptors (Lipinski definition) is 3. The van der Waals surface area contributed by atoms with E-state index in [1.165, 1.54) is 24.2 Å². The Hall–Kier alpha value is -1.36. The lowest BCUT2D eigenvalue weighted by Gasteiger charge is -2.27. The number of nitrogens with zero attached hydrogens (tertiary/aromatic N) is 2. The van der Waals surface area contributed by atoms with E-state index in [0.717, 1.165) is 25.8 Å². The van der Waals surface area contributed by atoms with Gasteiger partial charge in [0, 0.05) is 12.2 Å². The fourth-order valence-corrected chi connectivity index (χ4v) is 2.74. The molecule has 1 aliphatic rings. The molecule has 0 saturated carbocycles. The molecule has 5 heteroatoms. The Kier molecular flexibility index (Phi) is 4.81. The van der Waals surface area contributed by atoms with E-state index >= 15 is 0 Å². The highest BCUT2D eigenvalue weighted by molar-refractivity contribution is 5.78. The molecule has 0 fully saturated rings. The van der Waals surface area contributed by atoms with E-state index in [2.05, 4.69) is 14.9 Å². The summed E-state index contributed by atoms with van der Waals surface area (Å²) in [5.41, 5.74) is 1.65. The number of nitrogens with one attached hydrogen (secondary N) is 1. The normalized spacial score (nSPS) is 17.5. The van der Waals surface area contributed by atoms with Gasteiger partial charge in [-0.3, -0.25) is 4.79 Å². The van der Waals surface area contributed by atoms with Crippen LogP contribution in [0.5, 0.6) is 0 Å². The second-order valence-electron chi connectivity index (χ2n) is 5.85. The average molecular weight is 279 g/mol. The number of fused-ring (bicyclic) bond motifs is 1. The summed E-state index contributed by atoms with van der Waals surface area (Å²) in [6, 6.07) is 0.